The summed E-state index contributed by atoms with van der Waals surface area (Å²) in [6.45, 7) is 6.41. The third kappa shape index (κ3) is 3.54. The third-order valence-electron chi connectivity index (χ3n) is 3.24. The maximum atomic E-state index is 11.9. The lowest BCUT2D eigenvalue weighted by Crippen LogP contribution is -2.55. The Kier molecular flexibility index (Phi) is 5.31. The highest BCUT2D eigenvalue weighted by molar-refractivity contribution is 5.68. The van der Waals surface area contributed by atoms with E-state index >= 15 is 0 Å². The highest BCUT2D eigenvalue weighted by Crippen LogP contribution is 2.38. The molecule has 2 aliphatic heterocycles. The van der Waals surface area contributed by atoms with Gasteiger partial charge in [0, 0.05) is 31.6 Å². The van der Waals surface area contributed by atoms with Gasteiger partial charge in [-0.2, -0.15) is 0 Å². The Morgan fingerprint density at radius 2 is 1.94 bits per heavy atom. The molecule has 0 N–H and O–H groups in total. The second-order valence-electron chi connectivity index (χ2n) is 4.81. The molecule has 0 bridgehead atoms. The van der Waals surface area contributed by atoms with E-state index in [-0.39, 0.29) is 5.41 Å². The summed E-state index contributed by atoms with van der Waals surface area (Å²) in [4.78, 5) is 15.1. The topological polar surface area (TPSA) is 32.8 Å². The van der Waals surface area contributed by atoms with E-state index in [1.165, 1.54) is 4.90 Å². The zero-order chi connectivity index (χ0) is 13.8. The van der Waals surface area contributed by atoms with Gasteiger partial charge in [-0.3, -0.25) is 0 Å². The highest BCUT2D eigenvalue weighted by atomic mass is 19.3. The van der Waals surface area contributed by atoms with Crippen molar-refractivity contribution in [3.05, 3.63) is 0 Å². The Morgan fingerprint density at radius 1 is 1.33 bits per heavy atom. The largest absolute Gasteiger partial charge is 0.443 e. The number of hydrogen-bond donors (Lipinski definition) is 0. The number of alkyl halides is 2. The lowest BCUT2D eigenvalue weighted by atomic mass is 9.80. The van der Waals surface area contributed by atoms with E-state index in [4.69, 9.17) is 0 Å². The van der Waals surface area contributed by atoms with Crippen LogP contribution in [0.25, 0.3) is 0 Å². The minimum Gasteiger partial charge on any atom is -0.443 e. The van der Waals surface area contributed by atoms with E-state index in [2.05, 4.69) is 9.64 Å². The Hall–Kier alpha value is -0.910. The predicted octanol–water partition coefficient (Wildman–Crippen LogP) is 2.05. The molecule has 1 spiro atoms. The smallest absolute Gasteiger partial charge is 0.409 e. The lowest BCUT2D eigenvalue weighted by Gasteiger charge is -2.45. The number of carbonyl (C=O) groups excluding carboxylic acids is 1. The molecule has 0 aliphatic carbocycles. The summed E-state index contributed by atoms with van der Waals surface area (Å²) in [6, 6.07) is 0. The van der Waals surface area contributed by atoms with Crippen LogP contribution in [0.1, 0.15) is 20.3 Å². The zero-order valence-corrected chi connectivity index (χ0v) is 11.3. The normalized spacial score (nSPS) is 21.6. The monoisotopic (exact) mass is 264 g/mol. The summed E-state index contributed by atoms with van der Waals surface area (Å²) in [5, 5.41) is 0. The average Bonchev–Trinajstić information content (AvgIpc) is 2.73. The van der Waals surface area contributed by atoms with Crippen molar-refractivity contribution in [3.8, 4) is 0 Å². The van der Waals surface area contributed by atoms with Gasteiger partial charge in [0.05, 0.1) is 0 Å². The van der Waals surface area contributed by atoms with E-state index in [1.54, 1.807) is 0 Å². The molecule has 0 aromatic heterocycles. The van der Waals surface area contributed by atoms with Gasteiger partial charge in [0.25, 0.3) is 6.43 Å². The fourth-order valence-corrected chi connectivity index (χ4v) is 2.67. The quantitative estimate of drug-likeness (QED) is 0.765. The molecule has 6 heteroatoms. The Balaban J connectivity index is 0.000000771. The molecule has 2 heterocycles. The number of carbonyl (C=O) groups is 1. The summed E-state index contributed by atoms with van der Waals surface area (Å²) in [5.41, 5.74) is 0.193. The molecule has 4 nitrogen and oxygen atoms in total. The number of rotatable bonds is 2. The second-order valence-corrected chi connectivity index (χ2v) is 4.81. The number of ether oxygens (including phenoxy) is 1. The number of amides is 1. The molecular weight excluding hydrogens is 242 g/mol. The molecule has 0 unspecified atom stereocenters. The van der Waals surface area contributed by atoms with Crippen LogP contribution in [-0.2, 0) is 4.74 Å². The fraction of sp³-hybridized carbons (Fsp3) is 0.917. The van der Waals surface area contributed by atoms with E-state index in [0.717, 1.165) is 19.5 Å². The number of halogens is 2. The van der Waals surface area contributed by atoms with Gasteiger partial charge in [0.2, 0.25) is 0 Å². The molecule has 2 aliphatic rings. The van der Waals surface area contributed by atoms with Gasteiger partial charge in [-0.05, 0) is 13.5 Å². The third-order valence-corrected chi connectivity index (χ3v) is 3.24. The molecule has 1 amide bonds. The molecule has 2 saturated heterocycles. The molecule has 106 valence electrons. The Morgan fingerprint density at radius 3 is 2.44 bits per heavy atom. The van der Waals surface area contributed by atoms with E-state index in [1.807, 2.05) is 20.9 Å². The molecule has 0 radical (unpaired) electrons. The molecule has 0 atom stereocenters. The minimum atomic E-state index is -2.59. The van der Waals surface area contributed by atoms with Gasteiger partial charge in [-0.15, -0.1) is 0 Å². The van der Waals surface area contributed by atoms with Gasteiger partial charge in [-0.25, -0.2) is 13.6 Å². The molecule has 18 heavy (non-hydrogen) atoms. The maximum Gasteiger partial charge on any atom is 0.409 e. The van der Waals surface area contributed by atoms with Crippen LogP contribution >= 0.6 is 0 Å². The molecule has 0 aromatic carbocycles. The van der Waals surface area contributed by atoms with Crippen LogP contribution in [0.2, 0.25) is 0 Å². The van der Waals surface area contributed by atoms with Crippen molar-refractivity contribution in [3.63, 3.8) is 0 Å². The fourth-order valence-electron chi connectivity index (χ4n) is 2.67. The zero-order valence-electron chi connectivity index (χ0n) is 11.3. The van der Waals surface area contributed by atoms with Gasteiger partial charge in [-0.1, -0.05) is 13.8 Å². The first-order valence-corrected chi connectivity index (χ1v) is 6.39. The van der Waals surface area contributed by atoms with Crippen LogP contribution in [0.3, 0.4) is 0 Å². The van der Waals surface area contributed by atoms with E-state index < -0.39 is 19.1 Å². The van der Waals surface area contributed by atoms with Crippen LogP contribution in [0.4, 0.5) is 13.6 Å². The number of likely N-dealkylation sites (tertiary alicyclic amines) is 2. The van der Waals surface area contributed by atoms with Crippen molar-refractivity contribution in [1.82, 2.24) is 9.80 Å². The van der Waals surface area contributed by atoms with Crippen LogP contribution in [-0.4, -0.2) is 62.2 Å². The summed E-state index contributed by atoms with van der Waals surface area (Å²) in [7, 11) is 2.03. The standard InChI is InChI=1S/C10H16F2N2O2.C2H6/c1-13-5-10(6-13)2-3-14(7-10)9(15)16-4-8(11)12;1-2/h8H,2-7H2,1H3;1-2H3. The molecular formula is C12H22F2N2O2. The minimum absolute atomic E-state index is 0.193. The SMILES string of the molecule is CC.CN1CC2(CCN(C(=O)OCC(F)F)C2)C1. The van der Waals surface area contributed by atoms with Crippen molar-refractivity contribution in [1.29, 1.82) is 0 Å². The van der Waals surface area contributed by atoms with Crippen LogP contribution in [0.15, 0.2) is 0 Å². The first kappa shape index (κ1) is 15.1. The highest BCUT2D eigenvalue weighted by Gasteiger charge is 2.47. The lowest BCUT2D eigenvalue weighted by molar-refractivity contribution is 0.0168. The summed E-state index contributed by atoms with van der Waals surface area (Å²) < 4.78 is 28.2. The average molecular weight is 264 g/mol. The molecule has 0 saturated carbocycles. The van der Waals surface area contributed by atoms with Gasteiger partial charge in [0.15, 0.2) is 6.61 Å². The van der Waals surface area contributed by atoms with E-state index in [0.29, 0.717) is 13.1 Å². The summed E-state index contributed by atoms with van der Waals surface area (Å²) in [5.74, 6) is 0. The number of hydrogen-bond acceptors (Lipinski definition) is 3. The molecule has 0 aromatic rings. The second kappa shape index (κ2) is 6.31. The van der Waals surface area contributed by atoms with Crippen LogP contribution in [0, 0.1) is 5.41 Å². The Labute approximate surface area is 107 Å². The first-order chi connectivity index (χ1) is 8.51. The Bertz CT molecular complexity index is 281. The summed E-state index contributed by atoms with van der Waals surface area (Å²) >= 11 is 0. The molecule has 2 rings (SSSR count). The van der Waals surface area contributed by atoms with Gasteiger partial charge in [0.1, 0.15) is 0 Å². The van der Waals surface area contributed by atoms with Crippen molar-refractivity contribution < 1.29 is 18.3 Å². The van der Waals surface area contributed by atoms with Gasteiger partial charge >= 0.3 is 6.09 Å². The van der Waals surface area contributed by atoms with Crippen molar-refractivity contribution in [2.45, 2.75) is 26.7 Å². The maximum absolute atomic E-state index is 11.9. The van der Waals surface area contributed by atoms with Crippen molar-refractivity contribution >= 4 is 6.09 Å². The predicted molar refractivity (Wildman–Crippen MR) is 64.8 cm³/mol. The summed E-state index contributed by atoms with van der Waals surface area (Å²) in [6.07, 6.45) is -2.25. The molecule has 2 fully saturated rings. The van der Waals surface area contributed by atoms with Crippen LogP contribution < -0.4 is 0 Å². The first-order valence-electron chi connectivity index (χ1n) is 6.39. The van der Waals surface area contributed by atoms with Crippen LogP contribution in [0.5, 0.6) is 0 Å². The van der Waals surface area contributed by atoms with Crippen molar-refractivity contribution in [2.24, 2.45) is 5.41 Å². The van der Waals surface area contributed by atoms with Crippen molar-refractivity contribution in [2.75, 3.05) is 39.8 Å². The van der Waals surface area contributed by atoms with E-state index in [9.17, 15) is 13.6 Å². The van der Waals surface area contributed by atoms with Gasteiger partial charge < -0.3 is 14.5 Å². The number of nitrogens with zero attached hydrogens (tertiary/aromatic N) is 2.